The van der Waals surface area contributed by atoms with Gasteiger partial charge in [-0.1, -0.05) is 19.1 Å². The van der Waals surface area contributed by atoms with E-state index in [1.807, 2.05) is 6.08 Å². The molecule has 0 saturated heterocycles. The van der Waals surface area contributed by atoms with E-state index in [0.717, 1.165) is 6.42 Å². The number of hydrogen-bond acceptors (Lipinski definition) is 1. The normalized spacial score (nSPS) is 12.5. The van der Waals surface area contributed by atoms with Crippen molar-refractivity contribution in [2.45, 2.75) is 20.3 Å². The summed E-state index contributed by atoms with van der Waals surface area (Å²) < 4.78 is 0. The molecule has 0 N–H and O–H groups in total. The number of rotatable bonds is 4. The molecule has 0 fully saturated rings. The van der Waals surface area contributed by atoms with Crippen LogP contribution in [0.25, 0.3) is 0 Å². The summed E-state index contributed by atoms with van der Waals surface area (Å²) in [6.45, 7) is 7.81. The van der Waals surface area contributed by atoms with Crippen LogP contribution < -0.4 is 0 Å². The summed E-state index contributed by atoms with van der Waals surface area (Å²) in [6, 6.07) is 0. The number of nitrogens with zero attached hydrogens (tertiary/aromatic N) is 1. The fraction of sp³-hybridized carbons (Fsp3) is 0.444. The Labute approximate surface area is 73.5 Å². The predicted molar refractivity (Wildman–Crippen MR) is 52.4 cm³/mol. The number of hydrogen-bond donors (Lipinski definition) is 0. The van der Waals surface area contributed by atoms with Gasteiger partial charge in [0.15, 0.2) is 0 Å². The molecule has 62 valence electrons. The molecule has 0 aliphatic rings. The van der Waals surface area contributed by atoms with E-state index in [4.69, 9.17) is 11.6 Å². The van der Waals surface area contributed by atoms with Gasteiger partial charge in [-0.25, -0.2) is 0 Å². The molecular formula is C9H14ClN. The van der Waals surface area contributed by atoms with Gasteiger partial charge < -0.3 is 0 Å². The van der Waals surface area contributed by atoms with Gasteiger partial charge in [0, 0.05) is 11.9 Å². The molecule has 0 atom stereocenters. The molecule has 0 aromatic heterocycles. The fourth-order valence-electron chi connectivity index (χ4n) is 0.422. The van der Waals surface area contributed by atoms with E-state index in [0.29, 0.717) is 11.6 Å². The Morgan fingerprint density at radius 1 is 1.64 bits per heavy atom. The Kier molecular flexibility index (Phi) is 5.86. The first-order valence-electron chi connectivity index (χ1n) is 3.64. The topological polar surface area (TPSA) is 12.4 Å². The minimum Gasteiger partial charge on any atom is -0.261 e. The Bertz CT molecular complexity index is 180. The summed E-state index contributed by atoms with van der Waals surface area (Å²) in [7, 11) is 0. The van der Waals surface area contributed by atoms with E-state index < -0.39 is 0 Å². The Morgan fingerprint density at radius 2 is 2.27 bits per heavy atom. The standard InChI is InChI=1S/C9H14ClN/c1-4-8(2)5-6-11-9(3)7-10/h5-6H,3-4,7H2,1-2H3/b8-5+,11-6-. The van der Waals surface area contributed by atoms with Gasteiger partial charge in [-0.15, -0.1) is 11.6 Å². The van der Waals surface area contributed by atoms with Crippen LogP contribution in [0.15, 0.2) is 28.9 Å². The van der Waals surface area contributed by atoms with Crippen LogP contribution in [-0.4, -0.2) is 12.1 Å². The highest BCUT2D eigenvalue weighted by Gasteiger charge is 1.82. The van der Waals surface area contributed by atoms with Crippen molar-refractivity contribution in [1.29, 1.82) is 0 Å². The Hall–Kier alpha value is -0.560. The smallest absolute Gasteiger partial charge is 0.0641 e. The maximum Gasteiger partial charge on any atom is 0.0641 e. The van der Waals surface area contributed by atoms with Crippen LogP contribution in [0.4, 0.5) is 0 Å². The molecule has 0 bridgehead atoms. The molecule has 0 aromatic rings. The van der Waals surface area contributed by atoms with Crippen molar-refractivity contribution < 1.29 is 0 Å². The molecular weight excluding hydrogens is 158 g/mol. The van der Waals surface area contributed by atoms with Crippen molar-refractivity contribution in [1.82, 2.24) is 0 Å². The van der Waals surface area contributed by atoms with Crippen molar-refractivity contribution >= 4 is 17.8 Å². The first kappa shape index (κ1) is 10.4. The van der Waals surface area contributed by atoms with Crippen LogP contribution >= 0.6 is 11.6 Å². The minimum absolute atomic E-state index is 0.398. The lowest BCUT2D eigenvalue weighted by molar-refractivity contribution is 1.10. The molecule has 0 rings (SSSR count). The van der Waals surface area contributed by atoms with Crippen molar-refractivity contribution in [3.05, 3.63) is 23.9 Å². The lowest BCUT2D eigenvalue weighted by atomic mass is 10.2. The summed E-state index contributed by atoms with van der Waals surface area (Å²) >= 11 is 5.47. The zero-order valence-corrected chi connectivity index (χ0v) is 7.86. The average Bonchev–Trinajstić information content (AvgIpc) is 2.04. The molecule has 0 amide bonds. The summed E-state index contributed by atoms with van der Waals surface area (Å²) in [5.41, 5.74) is 2.00. The molecule has 0 aromatic carbocycles. The van der Waals surface area contributed by atoms with E-state index in [1.165, 1.54) is 5.57 Å². The van der Waals surface area contributed by atoms with Gasteiger partial charge in [-0.2, -0.15) is 0 Å². The number of alkyl halides is 1. The number of halogens is 1. The Morgan fingerprint density at radius 3 is 2.73 bits per heavy atom. The van der Waals surface area contributed by atoms with E-state index in [9.17, 15) is 0 Å². The maximum atomic E-state index is 5.47. The molecule has 0 heterocycles. The van der Waals surface area contributed by atoms with E-state index in [2.05, 4.69) is 25.4 Å². The van der Waals surface area contributed by atoms with Crippen LogP contribution in [-0.2, 0) is 0 Å². The van der Waals surface area contributed by atoms with Gasteiger partial charge in [0.1, 0.15) is 0 Å². The summed E-state index contributed by atoms with van der Waals surface area (Å²) in [5.74, 6) is 0.398. The molecule has 0 radical (unpaired) electrons. The second kappa shape index (κ2) is 6.17. The van der Waals surface area contributed by atoms with Gasteiger partial charge >= 0.3 is 0 Å². The lowest BCUT2D eigenvalue weighted by Crippen LogP contribution is -1.78. The SMILES string of the molecule is C=C(CCl)/N=C\C=C(/C)CC. The quantitative estimate of drug-likeness (QED) is 0.455. The van der Waals surface area contributed by atoms with E-state index >= 15 is 0 Å². The highest BCUT2D eigenvalue weighted by Crippen LogP contribution is 1.97. The van der Waals surface area contributed by atoms with Crippen molar-refractivity contribution in [2.75, 3.05) is 5.88 Å². The van der Waals surface area contributed by atoms with Gasteiger partial charge in [-0.3, -0.25) is 4.99 Å². The monoisotopic (exact) mass is 171 g/mol. The van der Waals surface area contributed by atoms with Crippen LogP contribution in [0.5, 0.6) is 0 Å². The van der Waals surface area contributed by atoms with Crippen LogP contribution in [0, 0.1) is 0 Å². The highest BCUT2D eigenvalue weighted by molar-refractivity contribution is 6.19. The molecule has 0 unspecified atom stereocenters. The molecule has 1 nitrogen and oxygen atoms in total. The first-order valence-corrected chi connectivity index (χ1v) is 4.17. The molecule has 2 heteroatoms. The average molecular weight is 172 g/mol. The highest BCUT2D eigenvalue weighted by atomic mass is 35.5. The second-order valence-corrected chi connectivity index (χ2v) is 2.61. The third-order valence-corrected chi connectivity index (χ3v) is 1.64. The van der Waals surface area contributed by atoms with Gasteiger partial charge in [-0.05, 0) is 19.4 Å². The zero-order valence-electron chi connectivity index (χ0n) is 7.10. The lowest BCUT2D eigenvalue weighted by Gasteiger charge is -1.90. The molecule has 0 aliphatic heterocycles. The largest absolute Gasteiger partial charge is 0.261 e. The molecule has 0 spiro atoms. The fourth-order valence-corrected chi connectivity index (χ4v) is 0.491. The van der Waals surface area contributed by atoms with Crippen LogP contribution in [0.1, 0.15) is 20.3 Å². The number of aliphatic imine (C=N–C) groups is 1. The van der Waals surface area contributed by atoms with Gasteiger partial charge in [0.05, 0.1) is 5.88 Å². The summed E-state index contributed by atoms with van der Waals surface area (Å²) in [4.78, 5) is 4.00. The van der Waals surface area contributed by atoms with E-state index in [1.54, 1.807) is 6.21 Å². The first-order chi connectivity index (χ1) is 5.20. The van der Waals surface area contributed by atoms with Crippen molar-refractivity contribution in [3.63, 3.8) is 0 Å². The molecule has 11 heavy (non-hydrogen) atoms. The van der Waals surface area contributed by atoms with Gasteiger partial charge in [0.2, 0.25) is 0 Å². The third kappa shape index (κ3) is 5.86. The van der Waals surface area contributed by atoms with Crippen molar-refractivity contribution in [2.24, 2.45) is 4.99 Å². The minimum atomic E-state index is 0.398. The van der Waals surface area contributed by atoms with E-state index in [-0.39, 0.29) is 0 Å². The van der Waals surface area contributed by atoms with Gasteiger partial charge in [0.25, 0.3) is 0 Å². The Balaban J connectivity index is 3.85. The summed E-state index contributed by atoms with van der Waals surface area (Å²) in [5, 5.41) is 0. The predicted octanol–water partition coefficient (Wildman–Crippen LogP) is 3.17. The van der Waals surface area contributed by atoms with Crippen LogP contribution in [0.2, 0.25) is 0 Å². The van der Waals surface area contributed by atoms with Crippen molar-refractivity contribution in [3.8, 4) is 0 Å². The number of allylic oxidation sites excluding steroid dienone is 3. The summed E-state index contributed by atoms with van der Waals surface area (Å²) in [6.07, 6.45) is 4.76. The second-order valence-electron chi connectivity index (χ2n) is 2.34. The molecule has 0 saturated carbocycles. The third-order valence-electron chi connectivity index (χ3n) is 1.33. The zero-order chi connectivity index (χ0) is 8.69. The molecule has 0 aliphatic carbocycles. The van der Waals surface area contributed by atoms with Crippen LogP contribution in [0.3, 0.4) is 0 Å². The maximum absolute atomic E-state index is 5.47.